The lowest BCUT2D eigenvalue weighted by atomic mass is 9.86. The zero-order chi connectivity index (χ0) is 20.3. The van der Waals surface area contributed by atoms with Crippen LogP contribution in [0.4, 0.5) is 23.0 Å². The summed E-state index contributed by atoms with van der Waals surface area (Å²) in [6, 6.07) is 17.5. The first kappa shape index (κ1) is 19.5. The molecule has 0 spiro atoms. The molecule has 0 unspecified atom stereocenters. The molecular formula is C23H26N4O. The third-order valence-corrected chi connectivity index (χ3v) is 4.38. The third-order valence-electron chi connectivity index (χ3n) is 4.38. The maximum absolute atomic E-state index is 11.6. The molecule has 0 aliphatic carbocycles. The molecule has 1 aromatic heterocycles. The number of hydrogen-bond donors (Lipinski definition) is 2. The van der Waals surface area contributed by atoms with Gasteiger partial charge in [0.1, 0.15) is 17.5 Å². The van der Waals surface area contributed by atoms with Gasteiger partial charge in [-0.2, -0.15) is 0 Å². The van der Waals surface area contributed by atoms with Gasteiger partial charge in [-0.3, -0.25) is 4.79 Å². The maximum atomic E-state index is 11.6. The summed E-state index contributed by atoms with van der Waals surface area (Å²) in [4.78, 5) is 20.6. The van der Waals surface area contributed by atoms with Crippen molar-refractivity contribution in [3.05, 3.63) is 71.5 Å². The van der Waals surface area contributed by atoms with E-state index in [0.717, 1.165) is 17.2 Å². The Labute approximate surface area is 166 Å². The van der Waals surface area contributed by atoms with E-state index in [-0.39, 0.29) is 11.2 Å². The van der Waals surface area contributed by atoms with Crippen LogP contribution < -0.4 is 10.6 Å². The van der Waals surface area contributed by atoms with Gasteiger partial charge in [-0.05, 0) is 43.0 Å². The lowest BCUT2D eigenvalue weighted by Gasteiger charge is -2.23. The normalized spacial score (nSPS) is 11.2. The molecule has 0 saturated carbocycles. The number of para-hydroxylation sites is 1. The SMILES string of the molecule is CC(=O)c1cccc(Nc2cc(Nc3ccccc3C(C)(C)C)nc(C)n2)c1. The fourth-order valence-electron chi connectivity index (χ4n) is 3.04. The smallest absolute Gasteiger partial charge is 0.159 e. The van der Waals surface area contributed by atoms with E-state index in [1.54, 1.807) is 13.0 Å². The molecule has 5 heteroatoms. The molecule has 0 aliphatic rings. The minimum absolute atomic E-state index is 0.0138. The molecule has 144 valence electrons. The number of carbonyl (C=O) groups is 1. The van der Waals surface area contributed by atoms with E-state index < -0.39 is 0 Å². The summed E-state index contributed by atoms with van der Waals surface area (Å²) in [5.41, 5.74) is 3.73. The van der Waals surface area contributed by atoms with E-state index >= 15 is 0 Å². The van der Waals surface area contributed by atoms with Crippen LogP contribution in [0.25, 0.3) is 0 Å². The molecule has 0 atom stereocenters. The number of aryl methyl sites for hydroxylation is 1. The highest BCUT2D eigenvalue weighted by atomic mass is 16.1. The number of Topliss-reactive ketones (excluding diaryl/α,β-unsaturated/α-hetero) is 1. The first-order valence-electron chi connectivity index (χ1n) is 9.32. The number of nitrogens with one attached hydrogen (secondary N) is 2. The Kier molecular flexibility index (Phi) is 5.45. The van der Waals surface area contributed by atoms with Gasteiger partial charge in [-0.1, -0.05) is 51.1 Å². The zero-order valence-electron chi connectivity index (χ0n) is 17.0. The molecule has 0 radical (unpaired) electrons. The highest BCUT2D eigenvalue weighted by molar-refractivity contribution is 5.95. The Morgan fingerprint density at radius 1 is 0.893 bits per heavy atom. The number of nitrogens with zero attached hydrogens (tertiary/aromatic N) is 2. The summed E-state index contributed by atoms with van der Waals surface area (Å²) in [6.45, 7) is 9.98. The summed E-state index contributed by atoms with van der Waals surface area (Å²) < 4.78 is 0. The Morgan fingerprint density at radius 2 is 1.57 bits per heavy atom. The van der Waals surface area contributed by atoms with Crippen molar-refractivity contribution < 1.29 is 4.79 Å². The van der Waals surface area contributed by atoms with Crippen LogP contribution in [0, 0.1) is 6.92 Å². The van der Waals surface area contributed by atoms with Gasteiger partial charge in [0.05, 0.1) is 0 Å². The highest BCUT2D eigenvalue weighted by Crippen LogP contribution is 2.31. The summed E-state index contributed by atoms with van der Waals surface area (Å²) in [5, 5.41) is 6.70. The molecule has 2 N–H and O–H groups in total. The number of anilines is 4. The Hall–Kier alpha value is -3.21. The van der Waals surface area contributed by atoms with Crippen LogP contribution in [0.5, 0.6) is 0 Å². The fraction of sp³-hybridized carbons (Fsp3) is 0.261. The molecule has 0 saturated heterocycles. The molecule has 3 aromatic rings. The second kappa shape index (κ2) is 7.80. The predicted octanol–water partition coefficient (Wildman–Crippen LogP) is 5.77. The van der Waals surface area contributed by atoms with E-state index in [9.17, 15) is 4.79 Å². The van der Waals surface area contributed by atoms with Crippen LogP contribution in [-0.2, 0) is 5.41 Å². The van der Waals surface area contributed by atoms with Gasteiger partial charge in [0, 0.05) is 23.0 Å². The second-order valence-corrected chi connectivity index (χ2v) is 7.87. The molecule has 28 heavy (non-hydrogen) atoms. The monoisotopic (exact) mass is 374 g/mol. The van der Waals surface area contributed by atoms with Gasteiger partial charge >= 0.3 is 0 Å². The number of hydrogen-bond acceptors (Lipinski definition) is 5. The van der Waals surface area contributed by atoms with Gasteiger partial charge in [0.15, 0.2) is 5.78 Å². The molecule has 0 fully saturated rings. The standard InChI is InChI=1S/C23H26N4O/c1-15(28)17-9-8-10-18(13-17)26-21-14-22(25-16(2)24-21)27-20-12-7-6-11-19(20)23(3,4)5/h6-14H,1-5H3,(H2,24,25,26,27). The average molecular weight is 374 g/mol. The molecule has 0 bridgehead atoms. The Bertz CT molecular complexity index is 1010. The lowest BCUT2D eigenvalue weighted by molar-refractivity contribution is 0.101. The predicted molar refractivity (Wildman–Crippen MR) is 115 cm³/mol. The van der Waals surface area contributed by atoms with Crippen molar-refractivity contribution in [3.63, 3.8) is 0 Å². The number of aromatic nitrogens is 2. The first-order chi connectivity index (χ1) is 13.2. The van der Waals surface area contributed by atoms with Crippen molar-refractivity contribution in [1.29, 1.82) is 0 Å². The number of carbonyl (C=O) groups excluding carboxylic acids is 1. The second-order valence-electron chi connectivity index (χ2n) is 7.87. The summed E-state index contributed by atoms with van der Waals surface area (Å²) in [7, 11) is 0. The van der Waals surface area contributed by atoms with E-state index in [1.165, 1.54) is 5.56 Å². The van der Waals surface area contributed by atoms with Gasteiger partial charge in [0.25, 0.3) is 0 Å². The Balaban J connectivity index is 1.89. The van der Waals surface area contributed by atoms with Crippen molar-refractivity contribution in [2.24, 2.45) is 0 Å². The molecule has 0 aliphatic heterocycles. The van der Waals surface area contributed by atoms with Crippen LogP contribution in [0.2, 0.25) is 0 Å². The van der Waals surface area contributed by atoms with Crippen LogP contribution in [-0.4, -0.2) is 15.8 Å². The molecule has 3 rings (SSSR count). The largest absolute Gasteiger partial charge is 0.340 e. The number of benzene rings is 2. The van der Waals surface area contributed by atoms with E-state index in [1.807, 2.05) is 43.3 Å². The molecule has 2 aromatic carbocycles. The van der Waals surface area contributed by atoms with E-state index in [2.05, 4.69) is 53.5 Å². The maximum Gasteiger partial charge on any atom is 0.159 e. The van der Waals surface area contributed by atoms with Crippen LogP contribution in [0.3, 0.4) is 0 Å². The summed E-state index contributed by atoms with van der Waals surface area (Å²) >= 11 is 0. The van der Waals surface area contributed by atoms with Gasteiger partial charge in [-0.15, -0.1) is 0 Å². The van der Waals surface area contributed by atoms with Crippen molar-refractivity contribution in [1.82, 2.24) is 9.97 Å². The quantitative estimate of drug-likeness (QED) is 0.555. The minimum Gasteiger partial charge on any atom is -0.340 e. The highest BCUT2D eigenvalue weighted by Gasteiger charge is 2.18. The van der Waals surface area contributed by atoms with E-state index in [0.29, 0.717) is 17.2 Å². The van der Waals surface area contributed by atoms with Crippen LogP contribution >= 0.6 is 0 Å². The lowest BCUT2D eigenvalue weighted by Crippen LogP contribution is -2.14. The average Bonchev–Trinajstić information content (AvgIpc) is 2.61. The summed E-state index contributed by atoms with van der Waals surface area (Å²) in [5.74, 6) is 2.07. The Morgan fingerprint density at radius 3 is 2.25 bits per heavy atom. The van der Waals surface area contributed by atoms with Crippen molar-refractivity contribution >= 4 is 28.8 Å². The topological polar surface area (TPSA) is 66.9 Å². The minimum atomic E-state index is 0.0138. The van der Waals surface area contributed by atoms with Crippen molar-refractivity contribution in [3.8, 4) is 0 Å². The number of rotatable bonds is 5. The van der Waals surface area contributed by atoms with Gasteiger partial charge in [-0.25, -0.2) is 9.97 Å². The first-order valence-corrected chi connectivity index (χ1v) is 9.32. The van der Waals surface area contributed by atoms with Crippen LogP contribution in [0.15, 0.2) is 54.6 Å². The molecule has 1 heterocycles. The van der Waals surface area contributed by atoms with Crippen LogP contribution in [0.1, 0.15) is 49.4 Å². The fourth-order valence-corrected chi connectivity index (χ4v) is 3.04. The van der Waals surface area contributed by atoms with E-state index in [4.69, 9.17) is 0 Å². The van der Waals surface area contributed by atoms with Gasteiger partial charge in [0.2, 0.25) is 0 Å². The number of ketones is 1. The molecular weight excluding hydrogens is 348 g/mol. The van der Waals surface area contributed by atoms with Crippen molar-refractivity contribution in [2.45, 2.75) is 40.0 Å². The third kappa shape index (κ3) is 4.74. The molecule has 0 amide bonds. The van der Waals surface area contributed by atoms with Gasteiger partial charge < -0.3 is 10.6 Å². The molecule has 5 nitrogen and oxygen atoms in total. The van der Waals surface area contributed by atoms with Crippen molar-refractivity contribution in [2.75, 3.05) is 10.6 Å². The zero-order valence-corrected chi connectivity index (χ0v) is 17.0. The summed E-state index contributed by atoms with van der Waals surface area (Å²) in [6.07, 6.45) is 0.